The van der Waals surface area contributed by atoms with Crippen LogP contribution in [0.15, 0.2) is 29.3 Å². The highest BCUT2D eigenvalue weighted by Crippen LogP contribution is 2.21. The van der Waals surface area contributed by atoms with E-state index < -0.39 is 15.8 Å². The maximum Gasteiger partial charge on any atom is 0.238 e. The first kappa shape index (κ1) is 14.2. The van der Waals surface area contributed by atoms with Gasteiger partial charge in [0.2, 0.25) is 16.0 Å². The van der Waals surface area contributed by atoms with Crippen LogP contribution in [0.1, 0.15) is 5.56 Å². The zero-order valence-electron chi connectivity index (χ0n) is 10.5. The van der Waals surface area contributed by atoms with E-state index in [-0.39, 0.29) is 16.7 Å². The normalized spacial score (nSPS) is 11.3. The minimum Gasteiger partial charge on any atom is -0.381 e. The van der Waals surface area contributed by atoms with Gasteiger partial charge in [0, 0.05) is 5.69 Å². The molecule has 2 rings (SSSR count). The number of sulfonamides is 1. The quantitative estimate of drug-likeness (QED) is 0.773. The fourth-order valence-electron chi connectivity index (χ4n) is 1.55. The summed E-state index contributed by atoms with van der Waals surface area (Å²) in [7, 11) is -3.83. The Morgan fingerprint density at radius 2 is 2.05 bits per heavy atom. The van der Waals surface area contributed by atoms with Gasteiger partial charge in [0.1, 0.15) is 0 Å². The summed E-state index contributed by atoms with van der Waals surface area (Å²) in [5.74, 6) is -0.987. The lowest BCUT2D eigenvalue weighted by Gasteiger charge is -2.09. The van der Waals surface area contributed by atoms with Crippen molar-refractivity contribution in [1.29, 1.82) is 0 Å². The van der Waals surface area contributed by atoms with Gasteiger partial charge in [-0.15, -0.1) is 0 Å². The minimum atomic E-state index is -3.83. The number of aromatic nitrogens is 2. The van der Waals surface area contributed by atoms with Crippen LogP contribution in [-0.4, -0.2) is 18.4 Å². The highest BCUT2D eigenvalue weighted by molar-refractivity contribution is 7.89. The van der Waals surface area contributed by atoms with Gasteiger partial charge < -0.3 is 11.1 Å². The number of aryl methyl sites for hydroxylation is 1. The van der Waals surface area contributed by atoms with E-state index in [9.17, 15) is 12.8 Å². The molecular weight excluding hydrogens is 285 g/mol. The summed E-state index contributed by atoms with van der Waals surface area (Å²) in [6.45, 7) is 1.62. The molecule has 0 atom stereocenters. The number of hydrogen-bond donors (Lipinski definition) is 3. The molecule has 0 saturated carbocycles. The third kappa shape index (κ3) is 3.00. The molecule has 9 heteroatoms. The van der Waals surface area contributed by atoms with E-state index in [1.165, 1.54) is 6.07 Å². The smallest absolute Gasteiger partial charge is 0.238 e. The third-order valence-electron chi connectivity index (χ3n) is 2.52. The van der Waals surface area contributed by atoms with Crippen LogP contribution in [-0.2, 0) is 10.0 Å². The van der Waals surface area contributed by atoms with Gasteiger partial charge in [-0.3, -0.25) is 0 Å². The zero-order chi connectivity index (χ0) is 14.9. The molecule has 0 saturated heterocycles. The molecule has 0 unspecified atom stereocenters. The predicted octanol–water partition coefficient (Wildman–Crippen LogP) is 0.897. The zero-order valence-corrected chi connectivity index (χ0v) is 11.3. The molecule has 0 bridgehead atoms. The average Bonchev–Trinajstić information content (AvgIpc) is 2.35. The Balaban J connectivity index is 2.37. The van der Waals surface area contributed by atoms with Gasteiger partial charge in [0.15, 0.2) is 11.6 Å². The van der Waals surface area contributed by atoms with Crippen LogP contribution in [0.5, 0.6) is 0 Å². The first-order valence-electron chi connectivity index (χ1n) is 5.46. The molecule has 0 aliphatic heterocycles. The summed E-state index contributed by atoms with van der Waals surface area (Å²) < 4.78 is 35.7. The van der Waals surface area contributed by atoms with Crippen molar-refractivity contribution in [3.05, 3.63) is 35.8 Å². The van der Waals surface area contributed by atoms with Gasteiger partial charge >= 0.3 is 0 Å². The van der Waals surface area contributed by atoms with Crippen LogP contribution in [0.3, 0.4) is 0 Å². The molecule has 106 valence electrons. The number of halogens is 1. The predicted molar refractivity (Wildman–Crippen MR) is 72.2 cm³/mol. The Morgan fingerprint density at radius 1 is 1.35 bits per heavy atom. The maximum absolute atomic E-state index is 12.9. The summed E-state index contributed by atoms with van der Waals surface area (Å²) in [4.78, 5) is 7.36. The molecule has 0 aliphatic carbocycles. The van der Waals surface area contributed by atoms with Crippen molar-refractivity contribution < 1.29 is 12.8 Å². The molecule has 0 amide bonds. The fourth-order valence-corrected chi connectivity index (χ4v) is 2.36. The van der Waals surface area contributed by atoms with Crippen LogP contribution in [0.25, 0.3) is 0 Å². The number of hydrogen-bond acceptors (Lipinski definition) is 6. The second kappa shape index (κ2) is 5.02. The van der Waals surface area contributed by atoms with E-state index in [0.717, 1.165) is 6.20 Å². The van der Waals surface area contributed by atoms with Crippen molar-refractivity contribution in [3.8, 4) is 0 Å². The molecule has 2 aromatic rings. The van der Waals surface area contributed by atoms with Crippen LogP contribution in [0.2, 0.25) is 0 Å². The molecular formula is C11H12FN5O2S. The van der Waals surface area contributed by atoms with E-state index in [0.29, 0.717) is 11.3 Å². The van der Waals surface area contributed by atoms with Crippen molar-refractivity contribution in [2.75, 3.05) is 11.1 Å². The standard InChI is InChI=1S/C11H12FN5O2S/c1-6-2-3-7(4-9(6)20(14,18)19)16-11-15-5-8(12)10(13)17-11/h2-5H,1H3,(H2,14,18,19)(H3,13,15,16,17). The summed E-state index contributed by atoms with van der Waals surface area (Å²) in [5, 5.41) is 7.83. The van der Waals surface area contributed by atoms with E-state index in [1.807, 2.05) is 0 Å². The van der Waals surface area contributed by atoms with Gasteiger partial charge in [-0.1, -0.05) is 6.07 Å². The molecule has 1 aromatic heterocycles. The van der Waals surface area contributed by atoms with Crippen molar-refractivity contribution in [2.45, 2.75) is 11.8 Å². The first-order chi connectivity index (χ1) is 9.27. The van der Waals surface area contributed by atoms with Crippen LogP contribution < -0.4 is 16.2 Å². The lowest BCUT2D eigenvalue weighted by Crippen LogP contribution is -2.14. The minimum absolute atomic E-state index is 0.0161. The number of rotatable bonds is 3. The SMILES string of the molecule is Cc1ccc(Nc2ncc(F)c(N)n2)cc1S(N)(=O)=O. The van der Waals surface area contributed by atoms with Crippen molar-refractivity contribution in [2.24, 2.45) is 5.14 Å². The van der Waals surface area contributed by atoms with Gasteiger partial charge in [0.05, 0.1) is 11.1 Å². The summed E-state index contributed by atoms with van der Waals surface area (Å²) in [6, 6.07) is 4.54. The molecule has 0 radical (unpaired) electrons. The molecule has 1 heterocycles. The number of nitrogens with zero attached hydrogens (tertiary/aromatic N) is 2. The van der Waals surface area contributed by atoms with Crippen molar-refractivity contribution in [3.63, 3.8) is 0 Å². The number of nitrogen functional groups attached to an aromatic ring is 1. The Bertz CT molecular complexity index is 763. The highest BCUT2D eigenvalue weighted by Gasteiger charge is 2.12. The second-order valence-corrected chi connectivity index (χ2v) is 5.61. The number of nitrogens with one attached hydrogen (secondary N) is 1. The number of nitrogens with two attached hydrogens (primary N) is 2. The molecule has 5 N–H and O–H groups in total. The molecule has 0 aliphatic rings. The van der Waals surface area contributed by atoms with E-state index in [1.54, 1.807) is 19.1 Å². The summed E-state index contributed by atoms with van der Waals surface area (Å²) >= 11 is 0. The van der Waals surface area contributed by atoms with Crippen LogP contribution >= 0.6 is 0 Å². The largest absolute Gasteiger partial charge is 0.381 e. The average molecular weight is 297 g/mol. The summed E-state index contributed by atoms with van der Waals surface area (Å²) in [5.41, 5.74) is 6.22. The Morgan fingerprint density at radius 3 is 2.65 bits per heavy atom. The van der Waals surface area contributed by atoms with Crippen LogP contribution in [0.4, 0.5) is 21.8 Å². The van der Waals surface area contributed by atoms with E-state index >= 15 is 0 Å². The van der Waals surface area contributed by atoms with E-state index in [2.05, 4.69) is 15.3 Å². The van der Waals surface area contributed by atoms with Crippen molar-refractivity contribution >= 4 is 27.5 Å². The second-order valence-electron chi connectivity index (χ2n) is 4.08. The lowest BCUT2D eigenvalue weighted by atomic mass is 10.2. The maximum atomic E-state index is 12.9. The van der Waals surface area contributed by atoms with Crippen LogP contribution in [0, 0.1) is 12.7 Å². The third-order valence-corrected chi connectivity index (χ3v) is 3.57. The number of anilines is 3. The van der Waals surface area contributed by atoms with Crippen molar-refractivity contribution in [1.82, 2.24) is 9.97 Å². The lowest BCUT2D eigenvalue weighted by molar-refractivity contribution is 0.597. The van der Waals surface area contributed by atoms with E-state index in [4.69, 9.17) is 10.9 Å². The highest BCUT2D eigenvalue weighted by atomic mass is 32.2. The summed E-state index contributed by atoms with van der Waals surface area (Å²) in [6.07, 6.45) is 0.916. The van der Waals surface area contributed by atoms with Gasteiger partial charge in [-0.05, 0) is 24.6 Å². The van der Waals surface area contributed by atoms with Gasteiger partial charge in [0.25, 0.3) is 0 Å². The Labute approximate surface area is 114 Å². The molecule has 1 aromatic carbocycles. The Kier molecular flexibility index (Phi) is 3.55. The van der Waals surface area contributed by atoms with Gasteiger partial charge in [-0.25, -0.2) is 22.9 Å². The molecule has 20 heavy (non-hydrogen) atoms. The van der Waals surface area contributed by atoms with Gasteiger partial charge in [-0.2, -0.15) is 4.98 Å². The topological polar surface area (TPSA) is 124 Å². The molecule has 0 fully saturated rings. The first-order valence-corrected chi connectivity index (χ1v) is 7.00. The number of benzene rings is 1. The monoisotopic (exact) mass is 297 g/mol. The molecule has 0 spiro atoms. The molecule has 7 nitrogen and oxygen atoms in total. The fraction of sp³-hybridized carbons (Fsp3) is 0.0909. The Hall–Kier alpha value is -2.26. The number of primary sulfonamides is 1.